The molecule has 2 rings (SSSR count). The molecule has 0 aliphatic heterocycles. The van der Waals surface area contributed by atoms with E-state index < -0.39 is 11.4 Å². The number of halogens is 2. The lowest BCUT2D eigenvalue weighted by Gasteiger charge is -2.27. The highest BCUT2D eigenvalue weighted by atomic mass is 35.5. The first-order valence-electron chi connectivity index (χ1n) is 6.34. The zero-order chi connectivity index (χ0) is 14.9. The summed E-state index contributed by atoms with van der Waals surface area (Å²) in [5.74, 6) is -1.21. The predicted molar refractivity (Wildman–Crippen MR) is 77.3 cm³/mol. The van der Waals surface area contributed by atoms with E-state index in [9.17, 15) is 14.7 Å². The smallest absolute Gasteiger partial charge is 0.311 e. The number of carboxylic acids is 1. The molecule has 0 bridgehead atoms. The second kappa shape index (κ2) is 5.62. The Morgan fingerprint density at radius 3 is 2.65 bits per heavy atom. The monoisotopic (exact) mass is 315 g/mol. The SMILES string of the molecule is CC1(C(=O)O)CCCC1NC(=O)c1ccc(Cl)c(Cl)c1. The van der Waals surface area contributed by atoms with Gasteiger partial charge in [-0.2, -0.15) is 0 Å². The Balaban J connectivity index is 2.15. The van der Waals surface area contributed by atoms with E-state index in [0.29, 0.717) is 28.5 Å². The quantitative estimate of drug-likeness (QED) is 0.898. The van der Waals surface area contributed by atoms with Crippen molar-refractivity contribution in [3.8, 4) is 0 Å². The largest absolute Gasteiger partial charge is 0.481 e. The third kappa shape index (κ3) is 2.76. The summed E-state index contributed by atoms with van der Waals surface area (Å²) in [5.41, 5.74) is -0.537. The average molecular weight is 316 g/mol. The van der Waals surface area contributed by atoms with Gasteiger partial charge in [0.05, 0.1) is 15.5 Å². The average Bonchev–Trinajstić information content (AvgIpc) is 2.75. The van der Waals surface area contributed by atoms with Crippen molar-refractivity contribution in [3.05, 3.63) is 33.8 Å². The van der Waals surface area contributed by atoms with Gasteiger partial charge in [0, 0.05) is 11.6 Å². The summed E-state index contributed by atoms with van der Waals surface area (Å²) in [7, 11) is 0. The molecule has 0 aromatic heterocycles. The molecule has 0 spiro atoms. The van der Waals surface area contributed by atoms with Crippen LogP contribution in [0.3, 0.4) is 0 Å². The molecule has 0 heterocycles. The van der Waals surface area contributed by atoms with Crippen LogP contribution in [0.4, 0.5) is 0 Å². The number of hydrogen-bond acceptors (Lipinski definition) is 2. The van der Waals surface area contributed by atoms with E-state index in [-0.39, 0.29) is 11.9 Å². The fourth-order valence-corrected chi connectivity index (χ4v) is 2.83. The summed E-state index contributed by atoms with van der Waals surface area (Å²) >= 11 is 11.7. The van der Waals surface area contributed by atoms with Gasteiger partial charge in [-0.15, -0.1) is 0 Å². The summed E-state index contributed by atoms with van der Waals surface area (Å²) in [6.45, 7) is 1.67. The maximum Gasteiger partial charge on any atom is 0.311 e. The van der Waals surface area contributed by atoms with E-state index in [1.807, 2.05) is 0 Å². The molecule has 1 aromatic carbocycles. The second-order valence-corrected chi connectivity index (χ2v) is 6.08. The van der Waals surface area contributed by atoms with Crippen LogP contribution in [0.25, 0.3) is 0 Å². The van der Waals surface area contributed by atoms with Crippen LogP contribution in [0.1, 0.15) is 36.5 Å². The van der Waals surface area contributed by atoms with Gasteiger partial charge in [-0.05, 0) is 38.0 Å². The van der Waals surface area contributed by atoms with Gasteiger partial charge in [0.2, 0.25) is 0 Å². The number of carbonyl (C=O) groups excluding carboxylic acids is 1. The van der Waals surface area contributed by atoms with Crippen LogP contribution >= 0.6 is 23.2 Å². The minimum Gasteiger partial charge on any atom is -0.481 e. The Morgan fingerprint density at radius 2 is 2.05 bits per heavy atom. The first-order valence-corrected chi connectivity index (χ1v) is 7.09. The fourth-order valence-electron chi connectivity index (χ4n) is 2.53. The molecule has 0 saturated heterocycles. The molecular formula is C14H15Cl2NO3. The minimum absolute atomic E-state index is 0.298. The maximum absolute atomic E-state index is 12.2. The molecule has 1 fully saturated rings. The van der Waals surface area contributed by atoms with Crippen LogP contribution in [0.2, 0.25) is 10.0 Å². The van der Waals surface area contributed by atoms with Crippen LogP contribution < -0.4 is 5.32 Å². The standard InChI is InChI=1S/C14H15Cl2NO3/c1-14(13(19)20)6-2-3-11(14)17-12(18)8-4-5-9(15)10(16)7-8/h4-5,7,11H,2-3,6H2,1H3,(H,17,18)(H,19,20). The molecule has 2 N–H and O–H groups in total. The summed E-state index contributed by atoms with van der Waals surface area (Å²) in [4.78, 5) is 23.5. The van der Waals surface area contributed by atoms with Crippen molar-refractivity contribution in [2.75, 3.05) is 0 Å². The lowest BCUT2D eigenvalue weighted by molar-refractivity contribution is -0.148. The number of amides is 1. The lowest BCUT2D eigenvalue weighted by Crippen LogP contribution is -2.47. The molecule has 2 atom stereocenters. The fraction of sp³-hybridized carbons (Fsp3) is 0.429. The predicted octanol–water partition coefficient (Wildman–Crippen LogP) is 3.37. The van der Waals surface area contributed by atoms with Gasteiger partial charge in [-0.1, -0.05) is 29.6 Å². The number of carboxylic acid groups (broad SMARTS) is 1. The van der Waals surface area contributed by atoms with E-state index in [1.54, 1.807) is 19.1 Å². The van der Waals surface area contributed by atoms with Crippen molar-refractivity contribution >= 4 is 35.1 Å². The van der Waals surface area contributed by atoms with Gasteiger partial charge in [0.25, 0.3) is 5.91 Å². The molecular weight excluding hydrogens is 301 g/mol. The van der Waals surface area contributed by atoms with Crippen molar-refractivity contribution in [2.24, 2.45) is 5.41 Å². The maximum atomic E-state index is 12.2. The zero-order valence-corrected chi connectivity index (χ0v) is 12.5. The van der Waals surface area contributed by atoms with E-state index in [0.717, 1.165) is 6.42 Å². The molecule has 108 valence electrons. The third-order valence-corrected chi connectivity index (χ3v) is 4.67. The van der Waals surface area contributed by atoms with Crippen LogP contribution in [-0.2, 0) is 4.79 Å². The number of carbonyl (C=O) groups is 2. The summed E-state index contributed by atoms with van der Waals surface area (Å²) < 4.78 is 0. The Labute approximate surface area is 127 Å². The van der Waals surface area contributed by atoms with Crippen molar-refractivity contribution in [3.63, 3.8) is 0 Å². The van der Waals surface area contributed by atoms with E-state index >= 15 is 0 Å². The molecule has 0 radical (unpaired) electrons. The normalized spacial score (nSPS) is 25.4. The van der Waals surface area contributed by atoms with Gasteiger partial charge in [0.1, 0.15) is 0 Å². The van der Waals surface area contributed by atoms with Gasteiger partial charge in [-0.25, -0.2) is 0 Å². The highest BCUT2D eigenvalue weighted by molar-refractivity contribution is 6.42. The molecule has 1 amide bonds. The Kier molecular flexibility index (Phi) is 4.25. The van der Waals surface area contributed by atoms with E-state index in [4.69, 9.17) is 23.2 Å². The third-order valence-electron chi connectivity index (χ3n) is 3.93. The molecule has 1 aliphatic rings. The van der Waals surface area contributed by atoms with Crippen molar-refractivity contribution in [1.29, 1.82) is 0 Å². The molecule has 4 nitrogen and oxygen atoms in total. The van der Waals surface area contributed by atoms with Gasteiger partial charge in [0.15, 0.2) is 0 Å². The van der Waals surface area contributed by atoms with Crippen molar-refractivity contribution in [2.45, 2.75) is 32.2 Å². The van der Waals surface area contributed by atoms with Crippen LogP contribution in [0.5, 0.6) is 0 Å². The topological polar surface area (TPSA) is 66.4 Å². The summed E-state index contributed by atoms with van der Waals surface area (Å²) in [5, 5.41) is 12.8. The lowest BCUT2D eigenvalue weighted by atomic mass is 9.85. The first kappa shape index (κ1) is 15.1. The molecule has 20 heavy (non-hydrogen) atoms. The second-order valence-electron chi connectivity index (χ2n) is 5.27. The summed E-state index contributed by atoms with van der Waals surface area (Å²) in [6.07, 6.45) is 2.01. The zero-order valence-electron chi connectivity index (χ0n) is 11.0. The Hall–Kier alpha value is -1.26. The van der Waals surface area contributed by atoms with Gasteiger partial charge >= 0.3 is 5.97 Å². The number of nitrogens with one attached hydrogen (secondary N) is 1. The molecule has 6 heteroatoms. The molecule has 1 saturated carbocycles. The van der Waals surface area contributed by atoms with E-state index in [2.05, 4.69) is 5.32 Å². The van der Waals surface area contributed by atoms with Crippen LogP contribution in [0.15, 0.2) is 18.2 Å². The van der Waals surface area contributed by atoms with Gasteiger partial charge < -0.3 is 10.4 Å². The van der Waals surface area contributed by atoms with Crippen LogP contribution in [-0.4, -0.2) is 23.0 Å². The van der Waals surface area contributed by atoms with Crippen molar-refractivity contribution < 1.29 is 14.7 Å². The number of benzene rings is 1. The molecule has 1 aliphatic carbocycles. The number of aliphatic carboxylic acids is 1. The van der Waals surface area contributed by atoms with Crippen LogP contribution in [0, 0.1) is 5.41 Å². The minimum atomic E-state index is -0.911. The Morgan fingerprint density at radius 1 is 1.35 bits per heavy atom. The number of rotatable bonds is 3. The molecule has 1 aromatic rings. The number of hydrogen-bond donors (Lipinski definition) is 2. The van der Waals surface area contributed by atoms with Crippen molar-refractivity contribution in [1.82, 2.24) is 5.32 Å². The summed E-state index contributed by atoms with van der Waals surface area (Å²) in [6, 6.07) is 4.22. The Bertz CT molecular complexity index is 561. The van der Waals surface area contributed by atoms with E-state index in [1.165, 1.54) is 6.07 Å². The highest BCUT2D eigenvalue weighted by Crippen LogP contribution is 2.38. The molecule has 2 unspecified atom stereocenters. The first-order chi connectivity index (χ1) is 9.34. The highest BCUT2D eigenvalue weighted by Gasteiger charge is 2.45. The van der Waals surface area contributed by atoms with Gasteiger partial charge in [-0.3, -0.25) is 9.59 Å².